The quantitative estimate of drug-likeness (QED) is 0.644. The van der Waals surface area contributed by atoms with Crippen molar-refractivity contribution < 1.29 is 9.45 Å². The third-order valence-electron chi connectivity index (χ3n) is 2.97. The lowest BCUT2D eigenvalue weighted by Gasteiger charge is -2.06. The minimum atomic E-state index is -0.417. The van der Waals surface area contributed by atoms with Gasteiger partial charge in [0.15, 0.2) is 5.82 Å². The highest BCUT2D eigenvalue weighted by atomic mass is 16.6. The topological polar surface area (TPSA) is 81.2 Å². The molecule has 6 heteroatoms. The van der Waals surface area contributed by atoms with Crippen LogP contribution >= 0.6 is 0 Å². The lowest BCUT2D eigenvalue weighted by molar-refractivity contribution is -0.384. The Hall–Kier alpha value is -2.63. The van der Waals surface area contributed by atoms with Crippen molar-refractivity contribution >= 4 is 11.5 Å². The normalized spacial score (nSPS) is 10.6. The molecule has 110 valence electrons. The van der Waals surface area contributed by atoms with E-state index in [4.69, 9.17) is 4.52 Å². The van der Waals surface area contributed by atoms with Crippen LogP contribution in [0.5, 0.6) is 0 Å². The number of anilines is 1. The van der Waals surface area contributed by atoms with Crippen LogP contribution in [0.2, 0.25) is 0 Å². The zero-order chi connectivity index (χ0) is 15.4. The summed E-state index contributed by atoms with van der Waals surface area (Å²) < 4.78 is 5.19. The Morgan fingerprint density at radius 3 is 2.62 bits per heavy atom. The molecule has 0 radical (unpaired) electrons. The number of aromatic nitrogens is 1. The molecule has 0 spiro atoms. The number of hydrogen-bond donors (Lipinski definition) is 1. The smallest absolute Gasteiger partial charge is 0.269 e. The number of nitrogens with zero attached hydrogens (tertiary/aromatic N) is 2. The van der Waals surface area contributed by atoms with Crippen molar-refractivity contribution in [3.8, 4) is 0 Å². The summed E-state index contributed by atoms with van der Waals surface area (Å²) in [5.74, 6) is 1.70. The van der Waals surface area contributed by atoms with Crippen molar-refractivity contribution in [2.75, 3.05) is 5.32 Å². The number of non-ortho nitro benzene ring substituents is 1. The molecule has 0 amide bonds. The second-order valence-corrected chi connectivity index (χ2v) is 5.10. The van der Waals surface area contributed by atoms with Gasteiger partial charge in [0.05, 0.1) is 4.92 Å². The molecule has 0 unspecified atom stereocenters. The summed E-state index contributed by atoms with van der Waals surface area (Å²) in [4.78, 5) is 10.2. The number of nitrogens with one attached hydrogen (secondary N) is 1. The van der Waals surface area contributed by atoms with Crippen LogP contribution < -0.4 is 5.32 Å². The van der Waals surface area contributed by atoms with Crippen LogP contribution in [0.4, 0.5) is 11.5 Å². The third-order valence-corrected chi connectivity index (χ3v) is 2.97. The SMILES string of the molecule is C=C(Cc1ccc([N+](=O)[O-])cc1)Nc1cc(C(C)C)on1. The molecule has 2 rings (SSSR count). The number of nitro benzene ring substituents is 1. The molecule has 21 heavy (non-hydrogen) atoms. The van der Waals surface area contributed by atoms with E-state index in [0.29, 0.717) is 12.2 Å². The van der Waals surface area contributed by atoms with E-state index in [9.17, 15) is 10.1 Å². The van der Waals surface area contributed by atoms with Crippen LogP contribution in [0.15, 0.2) is 47.1 Å². The van der Waals surface area contributed by atoms with Crippen LogP contribution in [0, 0.1) is 10.1 Å². The summed E-state index contributed by atoms with van der Waals surface area (Å²) >= 11 is 0. The number of rotatable bonds is 6. The van der Waals surface area contributed by atoms with Gasteiger partial charge in [-0.05, 0) is 5.56 Å². The summed E-state index contributed by atoms with van der Waals surface area (Å²) in [7, 11) is 0. The van der Waals surface area contributed by atoms with Crippen molar-refractivity contribution in [1.82, 2.24) is 5.16 Å². The van der Waals surface area contributed by atoms with Gasteiger partial charge in [0.1, 0.15) is 5.76 Å². The summed E-state index contributed by atoms with van der Waals surface area (Å²) in [5, 5.41) is 17.6. The van der Waals surface area contributed by atoms with Crippen molar-refractivity contribution in [3.63, 3.8) is 0 Å². The van der Waals surface area contributed by atoms with Crippen LogP contribution in [0.25, 0.3) is 0 Å². The Balaban J connectivity index is 1.96. The molecule has 1 aromatic heterocycles. The maximum absolute atomic E-state index is 10.6. The molecule has 2 aromatic rings. The van der Waals surface area contributed by atoms with Crippen LogP contribution in [0.1, 0.15) is 31.1 Å². The first-order valence-corrected chi connectivity index (χ1v) is 6.60. The molecule has 0 aliphatic heterocycles. The lowest BCUT2D eigenvalue weighted by Crippen LogP contribution is -2.01. The first-order valence-electron chi connectivity index (χ1n) is 6.60. The Morgan fingerprint density at radius 1 is 1.43 bits per heavy atom. The van der Waals surface area contributed by atoms with Gasteiger partial charge in [0.2, 0.25) is 0 Å². The van der Waals surface area contributed by atoms with Gasteiger partial charge in [-0.1, -0.05) is 37.7 Å². The average Bonchev–Trinajstić information content (AvgIpc) is 2.87. The number of allylic oxidation sites excluding steroid dienone is 1. The molecule has 0 saturated carbocycles. The fourth-order valence-corrected chi connectivity index (χ4v) is 1.83. The van der Waals surface area contributed by atoms with Crippen LogP contribution in [-0.2, 0) is 6.42 Å². The van der Waals surface area contributed by atoms with Gasteiger partial charge < -0.3 is 9.84 Å². The summed E-state index contributed by atoms with van der Waals surface area (Å²) in [6.07, 6.45) is 0.557. The molecule has 1 N–H and O–H groups in total. The van der Waals surface area contributed by atoms with Crippen LogP contribution in [-0.4, -0.2) is 10.1 Å². The highest BCUT2D eigenvalue weighted by molar-refractivity contribution is 5.43. The van der Waals surface area contributed by atoms with E-state index in [1.165, 1.54) is 12.1 Å². The largest absolute Gasteiger partial charge is 0.359 e. The first-order chi connectivity index (χ1) is 9.95. The lowest BCUT2D eigenvalue weighted by atomic mass is 10.1. The van der Waals surface area contributed by atoms with Gasteiger partial charge in [0, 0.05) is 36.2 Å². The predicted octanol–water partition coefficient (Wildman–Crippen LogP) is 3.87. The van der Waals surface area contributed by atoms with Crippen molar-refractivity contribution in [2.45, 2.75) is 26.2 Å². The van der Waals surface area contributed by atoms with Gasteiger partial charge in [-0.3, -0.25) is 10.1 Å². The van der Waals surface area contributed by atoms with Crippen molar-refractivity contribution in [3.05, 3.63) is 64.0 Å². The third kappa shape index (κ3) is 3.92. The predicted molar refractivity (Wildman–Crippen MR) is 80.2 cm³/mol. The zero-order valence-corrected chi connectivity index (χ0v) is 12.0. The number of hydrogen-bond acceptors (Lipinski definition) is 5. The Kier molecular flexibility index (Phi) is 4.37. The molecular weight excluding hydrogens is 270 g/mol. The Labute approximate surface area is 122 Å². The van der Waals surface area contributed by atoms with Crippen molar-refractivity contribution in [1.29, 1.82) is 0 Å². The van der Waals surface area contributed by atoms with Gasteiger partial charge in [-0.2, -0.15) is 0 Å². The van der Waals surface area contributed by atoms with E-state index in [-0.39, 0.29) is 11.6 Å². The van der Waals surface area contributed by atoms with E-state index in [0.717, 1.165) is 17.0 Å². The summed E-state index contributed by atoms with van der Waals surface area (Å²) in [6.45, 7) is 7.98. The molecule has 0 aliphatic rings. The highest BCUT2D eigenvalue weighted by Crippen LogP contribution is 2.20. The van der Waals surface area contributed by atoms with E-state index in [1.54, 1.807) is 12.1 Å². The molecule has 0 saturated heterocycles. The first kappa shape index (κ1) is 14.8. The molecular formula is C15H17N3O3. The van der Waals surface area contributed by atoms with Gasteiger partial charge in [0.25, 0.3) is 5.69 Å². The highest BCUT2D eigenvalue weighted by Gasteiger charge is 2.09. The van der Waals surface area contributed by atoms with Gasteiger partial charge in [-0.15, -0.1) is 0 Å². The maximum atomic E-state index is 10.6. The number of nitro groups is 1. The van der Waals surface area contributed by atoms with Gasteiger partial charge in [-0.25, -0.2) is 0 Å². The monoisotopic (exact) mass is 287 g/mol. The Morgan fingerprint density at radius 2 is 2.10 bits per heavy atom. The standard InChI is InChI=1S/C15H17N3O3/c1-10(2)14-9-15(17-21-14)16-11(3)8-12-4-6-13(7-5-12)18(19)20/h4-7,9-10H,3,8H2,1-2H3,(H,16,17). The summed E-state index contributed by atoms with van der Waals surface area (Å²) in [5.41, 5.74) is 1.76. The van der Waals surface area contributed by atoms with Crippen LogP contribution in [0.3, 0.4) is 0 Å². The van der Waals surface area contributed by atoms with Crippen molar-refractivity contribution in [2.24, 2.45) is 0 Å². The second kappa shape index (κ2) is 6.21. The average molecular weight is 287 g/mol. The van der Waals surface area contributed by atoms with E-state index < -0.39 is 4.92 Å². The molecule has 6 nitrogen and oxygen atoms in total. The molecule has 0 atom stereocenters. The fraction of sp³-hybridized carbons (Fsp3) is 0.267. The zero-order valence-electron chi connectivity index (χ0n) is 12.0. The molecule has 0 aliphatic carbocycles. The Bertz CT molecular complexity index is 644. The molecule has 0 bridgehead atoms. The van der Waals surface area contributed by atoms with E-state index in [1.807, 2.05) is 19.9 Å². The fourth-order valence-electron chi connectivity index (χ4n) is 1.83. The number of benzene rings is 1. The summed E-state index contributed by atoms with van der Waals surface area (Å²) in [6, 6.07) is 8.23. The van der Waals surface area contributed by atoms with Gasteiger partial charge >= 0.3 is 0 Å². The minimum Gasteiger partial charge on any atom is -0.359 e. The molecule has 1 aromatic carbocycles. The molecule has 1 heterocycles. The van der Waals surface area contributed by atoms with E-state index in [2.05, 4.69) is 17.1 Å². The van der Waals surface area contributed by atoms with E-state index >= 15 is 0 Å². The second-order valence-electron chi connectivity index (χ2n) is 5.10. The maximum Gasteiger partial charge on any atom is 0.269 e. The minimum absolute atomic E-state index is 0.0791. The molecule has 0 fully saturated rings.